The van der Waals surface area contributed by atoms with E-state index in [1.165, 1.54) is 12.2 Å². The van der Waals surface area contributed by atoms with Crippen LogP contribution in [-0.4, -0.2) is 36.5 Å². The van der Waals surface area contributed by atoms with Gasteiger partial charge in [0, 0.05) is 25.2 Å². The van der Waals surface area contributed by atoms with E-state index in [9.17, 15) is 9.59 Å². The molecule has 0 bridgehead atoms. The second-order valence-corrected chi connectivity index (χ2v) is 3.36. The first-order valence-electron chi connectivity index (χ1n) is 5.79. The van der Waals surface area contributed by atoms with Gasteiger partial charge in [-0.15, -0.1) is 0 Å². The van der Waals surface area contributed by atoms with Crippen molar-refractivity contribution >= 4 is 11.9 Å². The second kappa shape index (κ2) is 8.95. The summed E-state index contributed by atoms with van der Waals surface area (Å²) in [4.78, 5) is 24.2. The summed E-state index contributed by atoms with van der Waals surface area (Å²) in [7, 11) is 0. The Labute approximate surface area is 97.3 Å². The van der Waals surface area contributed by atoms with Gasteiger partial charge in [0.15, 0.2) is 0 Å². The summed E-state index contributed by atoms with van der Waals surface area (Å²) >= 11 is 0. The molecule has 16 heavy (non-hydrogen) atoms. The number of ether oxygens (including phenoxy) is 1. The van der Waals surface area contributed by atoms with E-state index in [0.717, 1.165) is 12.8 Å². The van der Waals surface area contributed by atoms with E-state index in [-0.39, 0.29) is 5.91 Å². The highest BCUT2D eigenvalue weighted by atomic mass is 16.5. The third-order valence-electron chi connectivity index (χ3n) is 2.18. The van der Waals surface area contributed by atoms with Crippen LogP contribution in [0.1, 0.15) is 33.6 Å². The number of hydrogen-bond acceptors (Lipinski definition) is 3. The quantitative estimate of drug-likeness (QED) is 0.378. The van der Waals surface area contributed by atoms with Crippen LogP contribution in [0.3, 0.4) is 0 Å². The molecule has 0 aliphatic carbocycles. The third-order valence-corrected chi connectivity index (χ3v) is 2.18. The Morgan fingerprint density at radius 3 is 2.25 bits per heavy atom. The van der Waals surface area contributed by atoms with Crippen molar-refractivity contribution in [1.29, 1.82) is 0 Å². The van der Waals surface area contributed by atoms with E-state index < -0.39 is 5.97 Å². The lowest BCUT2D eigenvalue weighted by atomic mass is 10.3. The van der Waals surface area contributed by atoms with Crippen LogP contribution in [-0.2, 0) is 14.3 Å². The van der Waals surface area contributed by atoms with Gasteiger partial charge in [-0.2, -0.15) is 0 Å². The number of hydrogen-bond donors (Lipinski definition) is 0. The number of carbonyl (C=O) groups excluding carboxylic acids is 2. The van der Waals surface area contributed by atoms with Gasteiger partial charge in [0.05, 0.1) is 6.61 Å². The first kappa shape index (κ1) is 14.7. The highest BCUT2D eigenvalue weighted by Crippen LogP contribution is 1.93. The van der Waals surface area contributed by atoms with Crippen molar-refractivity contribution in [3.8, 4) is 0 Å². The molecule has 1 amide bonds. The molecule has 0 spiro atoms. The smallest absolute Gasteiger partial charge is 0.330 e. The zero-order valence-corrected chi connectivity index (χ0v) is 10.4. The van der Waals surface area contributed by atoms with Crippen LogP contribution in [0, 0.1) is 0 Å². The van der Waals surface area contributed by atoms with E-state index in [1.54, 1.807) is 4.90 Å². The van der Waals surface area contributed by atoms with Crippen LogP contribution in [0.15, 0.2) is 12.2 Å². The van der Waals surface area contributed by atoms with Crippen LogP contribution in [0.2, 0.25) is 0 Å². The van der Waals surface area contributed by atoms with Crippen molar-refractivity contribution in [2.75, 3.05) is 19.7 Å². The first-order valence-corrected chi connectivity index (χ1v) is 5.79. The molecule has 0 saturated carbocycles. The molecule has 0 rings (SSSR count). The number of nitrogens with zero attached hydrogens (tertiary/aromatic N) is 1. The van der Waals surface area contributed by atoms with Crippen molar-refractivity contribution in [3.05, 3.63) is 12.2 Å². The Morgan fingerprint density at radius 1 is 1.12 bits per heavy atom. The van der Waals surface area contributed by atoms with Crippen molar-refractivity contribution in [2.24, 2.45) is 0 Å². The minimum Gasteiger partial charge on any atom is -0.463 e. The van der Waals surface area contributed by atoms with E-state index in [1.807, 2.05) is 20.8 Å². The van der Waals surface area contributed by atoms with Crippen molar-refractivity contribution in [1.82, 2.24) is 4.90 Å². The van der Waals surface area contributed by atoms with Crippen molar-refractivity contribution in [2.45, 2.75) is 33.6 Å². The van der Waals surface area contributed by atoms with Gasteiger partial charge >= 0.3 is 5.97 Å². The summed E-state index contributed by atoms with van der Waals surface area (Å²) in [6, 6.07) is 0. The highest BCUT2D eigenvalue weighted by Gasteiger charge is 2.05. The summed E-state index contributed by atoms with van der Waals surface area (Å²) in [6.07, 6.45) is 4.29. The topological polar surface area (TPSA) is 46.6 Å². The standard InChI is InChI=1S/C12H21NO3/c1-4-7-10-16-12(15)9-8-11(14)13(5-2)6-3/h8-9H,4-7,10H2,1-3H3/b9-8-. The molecule has 0 heterocycles. The molecule has 0 aromatic rings. The van der Waals surface area contributed by atoms with Gasteiger partial charge in [0.1, 0.15) is 0 Å². The highest BCUT2D eigenvalue weighted by molar-refractivity contribution is 5.94. The minimum atomic E-state index is -0.450. The molecule has 0 fully saturated rings. The lowest BCUT2D eigenvalue weighted by Gasteiger charge is -2.15. The van der Waals surface area contributed by atoms with Gasteiger partial charge in [-0.05, 0) is 20.3 Å². The average Bonchev–Trinajstić information content (AvgIpc) is 2.28. The molecule has 92 valence electrons. The lowest BCUT2D eigenvalue weighted by Crippen LogP contribution is -2.28. The van der Waals surface area contributed by atoms with E-state index in [0.29, 0.717) is 19.7 Å². The monoisotopic (exact) mass is 227 g/mol. The summed E-state index contributed by atoms with van der Waals surface area (Å²) in [5.41, 5.74) is 0. The van der Waals surface area contributed by atoms with Crippen LogP contribution < -0.4 is 0 Å². The average molecular weight is 227 g/mol. The predicted octanol–water partition coefficient (Wildman–Crippen LogP) is 1.75. The van der Waals surface area contributed by atoms with Gasteiger partial charge in [-0.3, -0.25) is 4.79 Å². The van der Waals surface area contributed by atoms with Gasteiger partial charge in [-0.25, -0.2) is 4.79 Å². The van der Waals surface area contributed by atoms with Gasteiger partial charge in [0.25, 0.3) is 0 Å². The molecule has 0 unspecified atom stereocenters. The summed E-state index contributed by atoms with van der Waals surface area (Å²) in [5.74, 6) is -0.605. The first-order chi connectivity index (χ1) is 7.65. The number of unbranched alkanes of at least 4 members (excludes halogenated alkanes) is 1. The SMILES string of the molecule is CCCCOC(=O)/C=C\C(=O)N(CC)CC. The number of carbonyl (C=O) groups is 2. The maximum absolute atomic E-state index is 11.5. The molecular formula is C12H21NO3. The van der Waals surface area contributed by atoms with Crippen LogP contribution >= 0.6 is 0 Å². The maximum atomic E-state index is 11.5. The predicted molar refractivity (Wildman–Crippen MR) is 62.9 cm³/mol. The number of esters is 1. The van der Waals surface area contributed by atoms with Gasteiger partial charge in [-0.1, -0.05) is 13.3 Å². The molecule has 0 aliphatic heterocycles. The maximum Gasteiger partial charge on any atom is 0.330 e. The van der Waals surface area contributed by atoms with Crippen LogP contribution in [0.25, 0.3) is 0 Å². The number of rotatable bonds is 7. The number of amides is 1. The number of likely N-dealkylation sites (N-methyl/N-ethyl adjacent to an activating group) is 1. The van der Waals surface area contributed by atoms with Crippen molar-refractivity contribution < 1.29 is 14.3 Å². The normalized spacial score (nSPS) is 10.4. The van der Waals surface area contributed by atoms with Gasteiger partial charge in [0.2, 0.25) is 5.91 Å². The minimum absolute atomic E-state index is 0.155. The van der Waals surface area contributed by atoms with E-state index in [2.05, 4.69) is 0 Å². The third kappa shape index (κ3) is 6.22. The molecular weight excluding hydrogens is 206 g/mol. The van der Waals surface area contributed by atoms with Crippen LogP contribution in [0.4, 0.5) is 0 Å². The molecule has 0 radical (unpaired) electrons. The Kier molecular flexibility index (Phi) is 8.21. The van der Waals surface area contributed by atoms with Crippen molar-refractivity contribution in [3.63, 3.8) is 0 Å². The zero-order chi connectivity index (χ0) is 12.4. The lowest BCUT2D eigenvalue weighted by molar-refractivity contribution is -0.138. The molecule has 0 aliphatic rings. The fourth-order valence-corrected chi connectivity index (χ4v) is 1.15. The van der Waals surface area contributed by atoms with Crippen LogP contribution in [0.5, 0.6) is 0 Å². The molecule has 4 heteroatoms. The Balaban J connectivity index is 3.97. The molecule has 0 N–H and O–H groups in total. The van der Waals surface area contributed by atoms with E-state index >= 15 is 0 Å². The van der Waals surface area contributed by atoms with E-state index in [4.69, 9.17) is 4.74 Å². The summed E-state index contributed by atoms with van der Waals surface area (Å²) < 4.78 is 4.88. The molecule has 0 aromatic carbocycles. The Hall–Kier alpha value is -1.32. The molecule has 4 nitrogen and oxygen atoms in total. The fraction of sp³-hybridized carbons (Fsp3) is 0.667. The zero-order valence-electron chi connectivity index (χ0n) is 10.4. The summed E-state index contributed by atoms with van der Waals surface area (Å²) in [6.45, 7) is 7.52. The molecule has 0 atom stereocenters. The molecule has 0 aromatic heterocycles. The molecule has 0 saturated heterocycles. The summed E-state index contributed by atoms with van der Waals surface area (Å²) in [5, 5.41) is 0. The Morgan fingerprint density at radius 2 is 1.75 bits per heavy atom. The fourth-order valence-electron chi connectivity index (χ4n) is 1.15. The Bertz CT molecular complexity index is 245. The van der Waals surface area contributed by atoms with Gasteiger partial charge < -0.3 is 9.64 Å². The largest absolute Gasteiger partial charge is 0.463 e. The second-order valence-electron chi connectivity index (χ2n) is 3.36.